The summed E-state index contributed by atoms with van der Waals surface area (Å²) >= 11 is 0. The van der Waals surface area contributed by atoms with E-state index in [4.69, 9.17) is 4.74 Å². The first-order valence-corrected chi connectivity index (χ1v) is 11.2. The molecule has 0 fully saturated rings. The van der Waals surface area contributed by atoms with E-state index in [0.29, 0.717) is 11.1 Å². The van der Waals surface area contributed by atoms with Crippen LogP contribution < -0.4 is 10.0 Å². The summed E-state index contributed by atoms with van der Waals surface area (Å²) < 4.78 is 33.6. The van der Waals surface area contributed by atoms with E-state index < -0.39 is 28.5 Å². The van der Waals surface area contributed by atoms with E-state index in [0.717, 1.165) is 12.0 Å². The van der Waals surface area contributed by atoms with E-state index in [1.165, 1.54) is 12.1 Å². The summed E-state index contributed by atoms with van der Waals surface area (Å²) in [6.45, 7) is 8.68. The Bertz CT molecular complexity index is 1020. The molecule has 1 unspecified atom stereocenters. The highest BCUT2D eigenvalue weighted by Crippen LogP contribution is 2.26. The number of hydrogen-bond acceptors (Lipinski definition) is 5. The van der Waals surface area contributed by atoms with Crippen molar-refractivity contribution in [2.45, 2.75) is 52.0 Å². The summed E-state index contributed by atoms with van der Waals surface area (Å²) in [7, 11) is -3.94. The zero-order valence-corrected chi connectivity index (χ0v) is 18.7. The minimum Gasteiger partial charge on any atom is -0.452 e. The minimum atomic E-state index is -3.94. The monoisotopic (exact) mass is 432 g/mol. The smallest absolute Gasteiger partial charge is 0.340 e. The van der Waals surface area contributed by atoms with Crippen molar-refractivity contribution in [1.82, 2.24) is 5.32 Å². The van der Waals surface area contributed by atoms with Gasteiger partial charge in [-0.25, -0.2) is 13.2 Å². The summed E-state index contributed by atoms with van der Waals surface area (Å²) in [4.78, 5) is 24.5. The van der Waals surface area contributed by atoms with Crippen LogP contribution in [0.4, 0.5) is 5.69 Å². The summed E-state index contributed by atoms with van der Waals surface area (Å²) in [6.07, 6.45) is 0.752. The normalized spacial score (nSPS) is 12.2. The molecule has 0 saturated carbocycles. The van der Waals surface area contributed by atoms with Crippen molar-refractivity contribution in [2.24, 2.45) is 0 Å². The van der Waals surface area contributed by atoms with Gasteiger partial charge in [0, 0.05) is 6.04 Å². The van der Waals surface area contributed by atoms with Crippen LogP contribution in [0.15, 0.2) is 41.3 Å². The molecule has 0 aliphatic heterocycles. The average molecular weight is 433 g/mol. The molecule has 7 nitrogen and oxygen atoms in total. The van der Waals surface area contributed by atoms with Gasteiger partial charge >= 0.3 is 5.97 Å². The van der Waals surface area contributed by atoms with Gasteiger partial charge in [-0.1, -0.05) is 36.8 Å². The number of rotatable bonds is 8. The van der Waals surface area contributed by atoms with Gasteiger partial charge in [0.25, 0.3) is 15.9 Å². The molecule has 162 valence electrons. The highest BCUT2D eigenvalue weighted by atomic mass is 32.2. The van der Waals surface area contributed by atoms with Gasteiger partial charge < -0.3 is 10.1 Å². The number of carbonyl (C=O) groups excluding carboxylic acids is 2. The first-order chi connectivity index (χ1) is 14.0. The van der Waals surface area contributed by atoms with Crippen molar-refractivity contribution in [3.05, 3.63) is 58.7 Å². The quantitative estimate of drug-likeness (QED) is 0.622. The van der Waals surface area contributed by atoms with Crippen molar-refractivity contribution in [1.29, 1.82) is 0 Å². The lowest BCUT2D eigenvalue weighted by Crippen LogP contribution is -2.35. The van der Waals surface area contributed by atoms with Crippen LogP contribution in [0.3, 0.4) is 0 Å². The molecular formula is C22H28N2O5S. The van der Waals surface area contributed by atoms with Crippen molar-refractivity contribution < 1.29 is 22.7 Å². The van der Waals surface area contributed by atoms with Gasteiger partial charge in [-0.15, -0.1) is 0 Å². The molecule has 0 aliphatic rings. The maximum atomic E-state index is 13.0. The zero-order valence-electron chi connectivity index (χ0n) is 17.9. The molecule has 2 rings (SSSR count). The van der Waals surface area contributed by atoms with E-state index in [-0.39, 0.29) is 22.2 Å². The molecule has 0 radical (unpaired) electrons. The van der Waals surface area contributed by atoms with Crippen LogP contribution >= 0.6 is 0 Å². The first-order valence-electron chi connectivity index (χ1n) is 9.71. The van der Waals surface area contributed by atoms with Gasteiger partial charge in [-0.05, 0) is 57.4 Å². The Labute approximate surface area is 177 Å². The van der Waals surface area contributed by atoms with E-state index in [2.05, 4.69) is 10.0 Å². The summed E-state index contributed by atoms with van der Waals surface area (Å²) in [5, 5.41) is 2.70. The highest BCUT2D eigenvalue weighted by Gasteiger charge is 2.23. The second kappa shape index (κ2) is 9.75. The van der Waals surface area contributed by atoms with Crippen LogP contribution in [0.25, 0.3) is 0 Å². The lowest BCUT2D eigenvalue weighted by molar-refractivity contribution is -0.124. The van der Waals surface area contributed by atoms with Crippen LogP contribution in [0.5, 0.6) is 0 Å². The second-order valence-corrected chi connectivity index (χ2v) is 8.95. The molecule has 0 aromatic heterocycles. The van der Waals surface area contributed by atoms with E-state index in [1.807, 2.05) is 20.8 Å². The van der Waals surface area contributed by atoms with Gasteiger partial charge in [0.1, 0.15) is 0 Å². The molecule has 0 bridgehead atoms. The number of ether oxygens (including phenoxy) is 1. The fourth-order valence-electron chi connectivity index (χ4n) is 3.16. The highest BCUT2D eigenvalue weighted by molar-refractivity contribution is 7.92. The molecule has 2 aromatic carbocycles. The average Bonchev–Trinajstić information content (AvgIpc) is 2.65. The number of carbonyl (C=O) groups is 2. The minimum absolute atomic E-state index is 0.0276. The number of para-hydroxylation sites is 1. The molecule has 1 atom stereocenters. The van der Waals surface area contributed by atoms with Crippen LogP contribution in [0, 0.1) is 20.8 Å². The Kier molecular flexibility index (Phi) is 7.61. The SMILES string of the molecule is CCC(C)NC(=O)COC(=O)c1ccccc1NS(=O)(=O)c1c(C)cc(C)cc1C. The van der Waals surface area contributed by atoms with E-state index in [9.17, 15) is 18.0 Å². The van der Waals surface area contributed by atoms with Gasteiger partial charge in [-0.3, -0.25) is 9.52 Å². The first kappa shape index (κ1) is 23.4. The number of benzene rings is 2. The molecule has 0 spiro atoms. The van der Waals surface area contributed by atoms with Crippen LogP contribution in [0.1, 0.15) is 47.3 Å². The maximum absolute atomic E-state index is 13.0. The molecule has 8 heteroatoms. The second-order valence-electron chi connectivity index (χ2n) is 7.33. The molecule has 2 aromatic rings. The van der Waals surface area contributed by atoms with Crippen molar-refractivity contribution in [3.8, 4) is 0 Å². The molecule has 30 heavy (non-hydrogen) atoms. The Hall–Kier alpha value is -2.87. The van der Waals surface area contributed by atoms with Crippen molar-refractivity contribution in [2.75, 3.05) is 11.3 Å². The molecular weight excluding hydrogens is 404 g/mol. The fourth-order valence-corrected chi connectivity index (χ4v) is 4.70. The molecule has 0 heterocycles. The number of sulfonamides is 1. The summed E-state index contributed by atoms with van der Waals surface area (Å²) in [5.74, 6) is -1.20. The Balaban J connectivity index is 2.23. The third-order valence-electron chi connectivity index (χ3n) is 4.62. The predicted octanol–water partition coefficient (Wildman–Crippen LogP) is 3.48. The number of nitrogens with one attached hydrogen (secondary N) is 2. The third kappa shape index (κ3) is 5.82. The van der Waals surface area contributed by atoms with Gasteiger partial charge in [0.05, 0.1) is 16.1 Å². The predicted molar refractivity (Wildman–Crippen MR) is 116 cm³/mol. The van der Waals surface area contributed by atoms with Crippen LogP contribution in [-0.2, 0) is 19.6 Å². The largest absolute Gasteiger partial charge is 0.452 e. The lowest BCUT2D eigenvalue weighted by Gasteiger charge is -2.16. The van der Waals surface area contributed by atoms with Crippen LogP contribution in [0.2, 0.25) is 0 Å². The molecule has 0 saturated heterocycles. The van der Waals surface area contributed by atoms with Crippen molar-refractivity contribution in [3.63, 3.8) is 0 Å². The lowest BCUT2D eigenvalue weighted by atomic mass is 10.1. The number of amides is 1. The fraction of sp³-hybridized carbons (Fsp3) is 0.364. The molecule has 0 aliphatic carbocycles. The Morgan fingerprint density at radius 2 is 1.67 bits per heavy atom. The Morgan fingerprint density at radius 1 is 1.07 bits per heavy atom. The standard InChI is InChI=1S/C22H28N2O5S/c1-6-17(5)23-20(25)13-29-22(26)18-9-7-8-10-19(18)24-30(27,28)21-15(3)11-14(2)12-16(21)4/h7-12,17,24H,6,13H2,1-5H3,(H,23,25). The third-order valence-corrected chi connectivity index (χ3v) is 6.29. The summed E-state index contributed by atoms with van der Waals surface area (Å²) in [6, 6.07) is 9.68. The van der Waals surface area contributed by atoms with Gasteiger partial charge in [0.15, 0.2) is 6.61 Å². The van der Waals surface area contributed by atoms with E-state index >= 15 is 0 Å². The number of esters is 1. The number of anilines is 1. The molecule has 2 N–H and O–H groups in total. The van der Waals surface area contributed by atoms with Gasteiger partial charge in [-0.2, -0.15) is 0 Å². The van der Waals surface area contributed by atoms with Crippen LogP contribution in [-0.4, -0.2) is 32.9 Å². The zero-order chi connectivity index (χ0) is 22.5. The topological polar surface area (TPSA) is 102 Å². The van der Waals surface area contributed by atoms with Gasteiger partial charge in [0.2, 0.25) is 0 Å². The maximum Gasteiger partial charge on any atom is 0.340 e. The summed E-state index contributed by atoms with van der Waals surface area (Å²) in [5.41, 5.74) is 2.30. The number of aryl methyl sites for hydroxylation is 3. The molecule has 1 amide bonds. The van der Waals surface area contributed by atoms with E-state index in [1.54, 1.807) is 38.1 Å². The van der Waals surface area contributed by atoms with Crippen molar-refractivity contribution >= 4 is 27.6 Å². The number of hydrogen-bond donors (Lipinski definition) is 2. The Morgan fingerprint density at radius 3 is 2.27 bits per heavy atom.